The Balaban J connectivity index is 2.41. The molecule has 0 aliphatic rings. The Hall–Kier alpha value is -2.87. The first-order valence-electron chi connectivity index (χ1n) is 11.6. The summed E-state index contributed by atoms with van der Waals surface area (Å²) in [4.78, 5) is 27.9. The topological polar surface area (TPSA) is 86.8 Å². The zero-order chi connectivity index (χ0) is 25.5. The summed E-state index contributed by atoms with van der Waals surface area (Å²) in [5.74, 6) is -0.694. The first-order chi connectivity index (χ1) is 16.0. The Morgan fingerprint density at radius 1 is 1.03 bits per heavy atom. The maximum absolute atomic E-state index is 13.6. The number of unbranched alkanes of at least 4 members (excludes halogenated alkanes) is 1. The van der Waals surface area contributed by atoms with Gasteiger partial charge in [-0.15, -0.1) is 0 Å². The molecule has 0 aliphatic heterocycles. The first kappa shape index (κ1) is 27.4. The number of nitrogens with one attached hydrogen (secondary N) is 1. The van der Waals surface area contributed by atoms with Gasteiger partial charge < -0.3 is 10.2 Å². The highest BCUT2D eigenvalue weighted by atomic mass is 32.2. The summed E-state index contributed by atoms with van der Waals surface area (Å²) in [5.41, 5.74) is 3.93. The lowest BCUT2D eigenvalue weighted by Gasteiger charge is -2.32. The number of rotatable bonds is 11. The Labute approximate surface area is 204 Å². The number of hydrogen-bond donors (Lipinski definition) is 1. The molecule has 7 nitrogen and oxygen atoms in total. The summed E-state index contributed by atoms with van der Waals surface area (Å²) < 4.78 is 26.6. The maximum Gasteiger partial charge on any atom is 0.244 e. The number of benzene rings is 2. The molecule has 0 aromatic heterocycles. The zero-order valence-corrected chi connectivity index (χ0v) is 21.9. The van der Waals surface area contributed by atoms with Crippen LogP contribution in [0, 0.1) is 20.8 Å². The van der Waals surface area contributed by atoms with E-state index < -0.39 is 22.0 Å². The fourth-order valence-electron chi connectivity index (χ4n) is 3.90. The van der Waals surface area contributed by atoms with Crippen molar-refractivity contribution in [2.45, 2.75) is 60.0 Å². The van der Waals surface area contributed by atoms with Crippen molar-refractivity contribution in [1.82, 2.24) is 10.2 Å². The highest BCUT2D eigenvalue weighted by molar-refractivity contribution is 7.92. The van der Waals surface area contributed by atoms with Crippen molar-refractivity contribution in [2.75, 3.05) is 23.7 Å². The summed E-state index contributed by atoms with van der Waals surface area (Å²) in [6, 6.07) is 12.4. The molecule has 2 aromatic carbocycles. The molecule has 0 radical (unpaired) electrons. The molecular formula is C26H37N3O4S. The number of para-hydroxylation sites is 1. The summed E-state index contributed by atoms with van der Waals surface area (Å²) in [6.07, 6.45) is 2.89. The number of carbonyl (C=O) groups is 2. The SMILES string of the molecule is CCCCNC(=O)[C@@H](C)N(Cc1cccc(C)c1)C(=O)CN(c1c(C)cccc1C)S(C)(=O)=O. The molecule has 1 N–H and O–H groups in total. The van der Waals surface area contributed by atoms with E-state index in [0.29, 0.717) is 12.2 Å². The van der Waals surface area contributed by atoms with Gasteiger partial charge in [0.1, 0.15) is 12.6 Å². The van der Waals surface area contributed by atoms with Gasteiger partial charge in [0.2, 0.25) is 21.8 Å². The van der Waals surface area contributed by atoms with Crippen LogP contribution in [0.2, 0.25) is 0 Å². The van der Waals surface area contributed by atoms with E-state index in [1.54, 1.807) is 6.92 Å². The van der Waals surface area contributed by atoms with Crippen LogP contribution in [0.3, 0.4) is 0 Å². The van der Waals surface area contributed by atoms with Crippen molar-refractivity contribution in [3.8, 4) is 0 Å². The van der Waals surface area contributed by atoms with E-state index in [-0.39, 0.29) is 19.0 Å². The second-order valence-electron chi connectivity index (χ2n) is 8.84. The Bertz CT molecular complexity index is 1090. The smallest absolute Gasteiger partial charge is 0.244 e. The van der Waals surface area contributed by atoms with E-state index in [0.717, 1.165) is 45.7 Å². The van der Waals surface area contributed by atoms with Crippen molar-refractivity contribution in [1.29, 1.82) is 0 Å². The number of amides is 2. The Morgan fingerprint density at radius 3 is 2.21 bits per heavy atom. The van der Waals surface area contributed by atoms with E-state index >= 15 is 0 Å². The predicted octanol–water partition coefficient (Wildman–Crippen LogP) is 3.71. The van der Waals surface area contributed by atoms with Crippen molar-refractivity contribution < 1.29 is 18.0 Å². The minimum absolute atomic E-state index is 0.202. The molecule has 1 atom stereocenters. The van der Waals surface area contributed by atoms with Gasteiger partial charge in [0, 0.05) is 13.1 Å². The minimum atomic E-state index is -3.75. The zero-order valence-electron chi connectivity index (χ0n) is 21.1. The van der Waals surface area contributed by atoms with E-state index in [1.165, 1.54) is 4.90 Å². The third kappa shape index (κ3) is 7.32. The van der Waals surface area contributed by atoms with Crippen molar-refractivity contribution in [3.63, 3.8) is 0 Å². The Morgan fingerprint density at radius 2 is 1.65 bits per heavy atom. The average Bonchev–Trinajstić information content (AvgIpc) is 2.75. The molecule has 8 heteroatoms. The standard InChI is InChI=1S/C26H37N3O4S/c1-7-8-15-27-26(31)22(5)28(17-23-14-9-11-19(2)16-23)24(30)18-29(34(6,32)33)25-20(3)12-10-13-21(25)4/h9-14,16,22H,7-8,15,17-18H2,1-6H3,(H,27,31)/t22-/m1/s1. The minimum Gasteiger partial charge on any atom is -0.354 e. The highest BCUT2D eigenvalue weighted by Gasteiger charge is 2.31. The summed E-state index contributed by atoms with van der Waals surface area (Å²) in [7, 11) is -3.75. The summed E-state index contributed by atoms with van der Waals surface area (Å²) in [5, 5.41) is 2.88. The molecule has 0 saturated carbocycles. The molecule has 0 spiro atoms. The number of hydrogen-bond acceptors (Lipinski definition) is 4. The molecule has 0 saturated heterocycles. The van der Waals surface area contributed by atoms with Crippen molar-refractivity contribution in [2.24, 2.45) is 0 Å². The molecule has 2 amide bonds. The van der Waals surface area contributed by atoms with Crippen molar-refractivity contribution in [3.05, 3.63) is 64.7 Å². The lowest BCUT2D eigenvalue weighted by molar-refractivity contribution is -0.139. The lowest BCUT2D eigenvalue weighted by Crippen LogP contribution is -2.51. The molecule has 0 fully saturated rings. The van der Waals surface area contributed by atoms with E-state index in [1.807, 2.05) is 70.2 Å². The van der Waals surface area contributed by atoms with Gasteiger partial charge in [-0.1, -0.05) is 61.4 Å². The number of nitrogens with zero attached hydrogens (tertiary/aromatic N) is 2. The van der Waals surface area contributed by atoms with Crippen LogP contribution in [0.4, 0.5) is 5.69 Å². The van der Waals surface area contributed by atoms with E-state index in [4.69, 9.17) is 0 Å². The predicted molar refractivity (Wildman–Crippen MR) is 137 cm³/mol. The fraction of sp³-hybridized carbons (Fsp3) is 0.462. The second-order valence-corrected chi connectivity index (χ2v) is 10.7. The van der Waals surface area contributed by atoms with Crippen LogP contribution in [0.1, 0.15) is 48.9 Å². The monoisotopic (exact) mass is 487 g/mol. The third-order valence-electron chi connectivity index (χ3n) is 5.80. The molecule has 2 rings (SSSR count). The van der Waals surface area contributed by atoms with Gasteiger partial charge in [0.25, 0.3) is 0 Å². The van der Waals surface area contributed by atoms with Crippen LogP contribution >= 0.6 is 0 Å². The normalized spacial score (nSPS) is 12.2. The van der Waals surface area contributed by atoms with Gasteiger partial charge in [0.05, 0.1) is 11.9 Å². The maximum atomic E-state index is 13.6. The molecule has 0 heterocycles. The van der Waals surface area contributed by atoms with Gasteiger partial charge in [-0.25, -0.2) is 8.42 Å². The molecule has 0 bridgehead atoms. The van der Waals surface area contributed by atoms with E-state index in [2.05, 4.69) is 5.32 Å². The van der Waals surface area contributed by atoms with Crippen LogP contribution in [0.25, 0.3) is 0 Å². The molecule has 0 aliphatic carbocycles. The van der Waals surface area contributed by atoms with Gasteiger partial charge in [-0.05, 0) is 50.8 Å². The van der Waals surface area contributed by atoms with Gasteiger partial charge in [0.15, 0.2) is 0 Å². The summed E-state index contributed by atoms with van der Waals surface area (Å²) >= 11 is 0. The van der Waals surface area contributed by atoms with Crippen LogP contribution in [0.15, 0.2) is 42.5 Å². The van der Waals surface area contributed by atoms with E-state index in [9.17, 15) is 18.0 Å². The molecular weight excluding hydrogens is 450 g/mol. The number of carbonyl (C=O) groups excluding carboxylic acids is 2. The average molecular weight is 488 g/mol. The van der Waals surface area contributed by atoms with Crippen LogP contribution in [-0.2, 0) is 26.2 Å². The Kier molecular flexibility index (Phi) is 9.67. The van der Waals surface area contributed by atoms with Gasteiger partial charge in [-0.3, -0.25) is 13.9 Å². The van der Waals surface area contributed by atoms with Gasteiger partial charge in [-0.2, -0.15) is 0 Å². The largest absolute Gasteiger partial charge is 0.354 e. The quantitative estimate of drug-likeness (QED) is 0.490. The fourth-order valence-corrected chi connectivity index (χ4v) is 4.87. The third-order valence-corrected chi connectivity index (χ3v) is 6.91. The molecule has 186 valence electrons. The number of aryl methyl sites for hydroxylation is 3. The lowest BCUT2D eigenvalue weighted by atomic mass is 10.1. The molecule has 2 aromatic rings. The first-order valence-corrected chi connectivity index (χ1v) is 13.5. The van der Waals surface area contributed by atoms with Crippen LogP contribution in [0.5, 0.6) is 0 Å². The van der Waals surface area contributed by atoms with Crippen molar-refractivity contribution >= 4 is 27.5 Å². The molecule has 34 heavy (non-hydrogen) atoms. The molecule has 0 unspecified atom stereocenters. The number of anilines is 1. The number of sulfonamides is 1. The van der Waals surface area contributed by atoms with Gasteiger partial charge >= 0.3 is 0 Å². The second kappa shape index (κ2) is 12.0. The van der Waals surface area contributed by atoms with Crippen LogP contribution < -0.4 is 9.62 Å². The highest BCUT2D eigenvalue weighted by Crippen LogP contribution is 2.27. The summed E-state index contributed by atoms with van der Waals surface area (Å²) in [6.45, 7) is 9.66. The van der Waals surface area contributed by atoms with Crippen LogP contribution in [-0.4, -0.2) is 50.5 Å².